The molecule has 1 saturated heterocycles. The third-order valence-corrected chi connectivity index (χ3v) is 5.60. The maximum Gasteiger partial charge on any atom is 0.0360 e. The Hall–Kier alpha value is 0.270. The van der Waals surface area contributed by atoms with Gasteiger partial charge in [-0.05, 0) is 18.8 Å². The highest BCUT2D eigenvalue weighted by molar-refractivity contribution is 7.99. The minimum Gasteiger partial charge on any atom is -0.329 e. The average Bonchev–Trinajstić information content (AvgIpc) is 2.39. The summed E-state index contributed by atoms with van der Waals surface area (Å²) in [5, 5.41) is 0. The van der Waals surface area contributed by atoms with Crippen molar-refractivity contribution < 1.29 is 0 Å². The summed E-state index contributed by atoms with van der Waals surface area (Å²) in [5.41, 5.74) is 6.54. The molecule has 2 aliphatic rings. The van der Waals surface area contributed by atoms with E-state index in [-0.39, 0.29) is 0 Å². The van der Waals surface area contributed by atoms with Gasteiger partial charge in [0.05, 0.1) is 0 Å². The molecule has 2 fully saturated rings. The predicted molar refractivity (Wildman–Crippen MR) is 72.9 cm³/mol. The first-order valence-electron chi connectivity index (χ1n) is 6.86. The Morgan fingerprint density at radius 3 is 2.69 bits per heavy atom. The SMILES string of the molecule is CCC1CCCCC1(CN)N1CCSCC1. The minimum atomic E-state index is 0.355. The van der Waals surface area contributed by atoms with E-state index in [4.69, 9.17) is 5.73 Å². The van der Waals surface area contributed by atoms with Crippen molar-refractivity contribution >= 4 is 11.8 Å². The van der Waals surface area contributed by atoms with Gasteiger partial charge in [-0.1, -0.05) is 26.2 Å². The molecule has 2 rings (SSSR count). The van der Waals surface area contributed by atoms with Gasteiger partial charge in [0, 0.05) is 36.7 Å². The van der Waals surface area contributed by atoms with Gasteiger partial charge in [0.15, 0.2) is 0 Å². The van der Waals surface area contributed by atoms with Crippen LogP contribution in [0, 0.1) is 5.92 Å². The van der Waals surface area contributed by atoms with Crippen molar-refractivity contribution in [3.63, 3.8) is 0 Å². The largest absolute Gasteiger partial charge is 0.329 e. The van der Waals surface area contributed by atoms with Gasteiger partial charge in [0.1, 0.15) is 0 Å². The first kappa shape index (κ1) is 12.7. The Kier molecular flexibility index (Phi) is 4.57. The number of nitrogens with two attached hydrogens (primary N) is 1. The molecule has 2 atom stereocenters. The second-order valence-corrected chi connectivity index (χ2v) is 6.48. The van der Waals surface area contributed by atoms with Gasteiger partial charge >= 0.3 is 0 Å². The fraction of sp³-hybridized carbons (Fsp3) is 1.00. The van der Waals surface area contributed by atoms with E-state index >= 15 is 0 Å². The van der Waals surface area contributed by atoms with Crippen LogP contribution in [0.3, 0.4) is 0 Å². The van der Waals surface area contributed by atoms with Gasteiger partial charge in [-0.2, -0.15) is 11.8 Å². The van der Waals surface area contributed by atoms with Crippen molar-refractivity contribution in [2.24, 2.45) is 11.7 Å². The molecular weight excluding hydrogens is 216 g/mol. The van der Waals surface area contributed by atoms with E-state index in [1.807, 2.05) is 0 Å². The molecule has 16 heavy (non-hydrogen) atoms. The van der Waals surface area contributed by atoms with E-state index in [1.165, 1.54) is 56.7 Å². The van der Waals surface area contributed by atoms with Gasteiger partial charge < -0.3 is 5.73 Å². The van der Waals surface area contributed by atoms with Crippen LogP contribution < -0.4 is 5.73 Å². The second kappa shape index (κ2) is 5.74. The Balaban J connectivity index is 2.13. The molecule has 1 aliphatic carbocycles. The molecule has 1 heterocycles. The summed E-state index contributed by atoms with van der Waals surface area (Å²) in [6.07, 6.45) is 6.85. The molecule has 0 spiro atoms. The predicted octanol–water partition coefficient (Wildman–Crippen LogP) is 2.33. The fourth-order valence-corrected chi connectivity index (χ4v) is 4.60. The van der Waals surface area contributed by atoms with Crippen LogP contribution in [-0.2, 0) is 0 Å². The molecule has 94 valence electrons. The van der Waals surface area contributed by atoms with Gasteiger partial charge in [0.25, 0.3) is 0 Å². The Morgan fingerprint density at radius 1 is 1.31 bits per heavy atom. The second-order valence-electron chi connectivity index (χ2n) is 5.26. The van der Waals surface area contributed by atoms with Gasteiger partial charge in [-0.3, -0.25) is 4.90 Å². The molecule has 0 aromatic carbocycles. The van der Waals surface area contributed by atoms with Crippen LogP contribution >= 0.6 is 11.8 Å². The minimum absolute atomic E-state index is 0.355. The molecule has 0 bridgehead atoms. The monoisotopic (exact) mass is 242 g/mol. The van der Waals surface area contributed by atoms with Crippen molar-refractivity contribution in [1.29, 1.82) is 0 Å². The van der Waals surface area contributed by atoms with E-state index in [0.29, 0.717) is 5.54 Å². The quantitative estimate of drug-likeness (QED) is 0.823. The molecule has 2 nitrogen and oxygen atoms in total. The van der Waals surface area contributed by atoms with Crippen LogP contribution in [0.4, 0.5) is 0 Å². The van der Waals surface area contributed by atoms with Gasteiger partial charge in [-0.15, -0.1) is 0 Å². The lowest BCUT2D eigenvalue weighted by molar-refractivity contribution is 0.0111. The fourth-order valence-electron chi connectivity index (χ4n) is 3.70. The summed E-state index contributed by atoms with van der Waals surface area (Å²) in [6, 6.07) is 0. The number of rotatable bonds is 3. The first-order chi connectivity index (χ1) is 7.83. The van der Waals surface area contributed by atoms with Crippen molar-refractivity contribution in [2.45, 2.75) is 44.6 Å². The van der Waals surface area contributed by atoms with Crippen LogP contribution in [0.15, 0.2) is 0 Å². The lowest BCUT2D eigenvalue weighted by Gasteiger charge is -2.52. The summed E-state index contributed by atoms with van der Waals surface area (Å²) in [6.45, 7) is 5.74. The van der Waals surface area contributed by atoms with E-state index in [2.05, 4.69) is 23.6 Å². The Morgan fingerprint density at radius 2 is 2.06 bits per heavy atom. The summed E-state index contributed by atoms with van der Waals surface area (Å²) < 4.78 is 0. The number of hydrogen-bond acceptors (Lipinski definition) is 3. The summed E-state index contributed by atoms with van der Waals surface area (Å²) in [4.78, 5) is 2.73. The topological polar surface area (TPSA) is 29.3 Å². The van der Waals surface area contributed by atoms with Gasteiger partial charge in [0.2, 0.25) is 0 Å². The van der Waals surface area contributed by atoms with Crippen molar-refractivity contribution in [3.05, 3.63) is 0 Å². The molecule has 1 saturated carbocycles. The molecular formula is C13H26N2S. The summed E-state index contributed by atoms with van der Waals surface area (Å²) in [7, 11) is 0. The maximum atomic E-state index is 6.19. The maximum absolute atomic E-state index is 6.19. The van der Waals surface area contributed by atoms with E-state index < -0.39 is 0 Å². The highest BCUT2D eigenvalue weighted by Crippen LogP contribution is 2.40. The molecule has 2 N–H and O–H groups in total. The van der Waals surface area contributed by atoms with Crippen molar-refractivity contribution in [3.8, 4) is 0 Å². The summed E-state index contributed by atoms with van der Waals surface area (Å²) in [5.74, 6) is 3.45. The zero-order valence-corrected chi connectivity index (χ0v) is 11.4. The highest BCUT2D eigenvalue weighted by atomic mass is 32.2. The third kappa shape index (κ3) is 2.27. The van der Waals surface area contributed by atoms with Crippen LogP contribution in [-0.4, -0.2) is 41.6 Å². The lowest BCUT2D eigenvalue weighted by Crippen LogP contribution is -2.61. The standard InChI is InChI=1S/C13H26N2S/c1-2-12-5-3-4-6-13(12,11-14)15-7-9-16-10-8-15/h12H,2-11,14H2,1H3. The highest BCUT2D eigenvalue weighted by Gasteiger charge is 2.43. The van der Waals surface area contributed by atoms with E-state index in [1.54, 1.807) is 0 Å². The molecule has 0 aromatic rings. The smallest absolute Gasteiger partial charge is 0.0360 e. The number of thioether (sulfide) groups is 1. The van der Waals surface area contributed by atoms with Gasteiger partial charge in [-0.25, -0.2) is 0 Å². The molecule has 0 radical (unpaired) electrons. The average molecular weight is 242 g/mol. The molecule has 1 aliphatic heterocycles. The van der Waals surface area contributed by atoms with Crippen LogP contribution in [0.1, 0.15) is 39.0 Å². The summed E-state index contributed by atoms with van der Waals surface area (Å²) >= 11 is 2.10. The Bertz CT molecular complexity index is 216. The van der Waals surface area contributed by atoms with Crippen molar-refractivity contribution in [2.75, 3.05) is 31.1 Å². The van der Waals surface area contributed by atoms with Crippen LogP contribution in [0.5, 0.6) is 0 Å². The zero-order valence-electron chi connectivity index (χ0n) is 10.6. The number of hydrogen-bond donors (Lipinski definition) is 1. The molecule has 0 aromatic heterocycles. The number of nitrogens with zero attached hydrogens (tertiary/aromatic N) is 1. The normalized spacial score (nSPS) is 37.5. The third-order valence-electron chi connectivity index (χ3n) is 4.66. The Labute approximate surface area is 104 Å². The molecule has 2 unspecified atom stereocenters. The first-order valence-corrected chi connectivity index (χ1v) is 8.02. The van der Waals surface area contributed by atoms with E-state index in [9.17, 15) is 0 Å². The molecule has 3 heteroatoms. The zero-order chi connectivity index (χ0) is 11.4. The van der Waals surface area contributed by atoms with Crippen LogP contribution in [0.25, 0.3) is 0 Å². The lowest BCUT2D eigenvalue weighted by atomic mass is 9.70. The van der Waals surface area contributed by atoms with E-state index in [0.717, 1.165) is 12.5 Å². The van der Waals surface area contributed by atoms with Crippen molar-refractivity contribution in [1.82, 2.24) is 4.90 Å². The molecule has 0 amide bonds. The van der Waals surface area contributed by atoms with Crippen LogP contribution in [0.2, 0.25) is 0 Å².